The van der Waals surface area contributed by atoms with Crippen molar-refractivity contribution in [2.24, 2.45) is 5.73 Å². The Labute approximate surface area is 220 Å². The SMILES string of the molecule is CC(CCC#N)N(C)C(=O)c1ccc(NCCOCCOCCOCCOCCOCCN)cc1C=O. The summed E-state index contributed by atoms with van der Waals surface area (Å²) >= 11 is 0. The van der Waals surface area contributed by atoms with Gasteiger partial charge in [-0.2, -0.15) is 5.26 Å². The zero-order valence-corrected chi connectivity index (χ0v) is 22.1. The summed E-state index contributed by atoms with van der Waals surface area (Å²) in [7, 11) is 1.68. The Morgan fingerprint density at radius 3 is 2.05 bits per heavy atom. The lowest BCUT2D eigenvalue weighted by Gasteiger charge is -2.25. The van der Waals surface area contributed by atoms with Crippen molar-refractivity contribution in [1.29, 1.82) is 5.26 Å². The normalized spacial score (nSPS) is 11.6. The summed E-state index contributed by atoms with van der Waals surface area (Å²) in [6, 6.07) is 7.04. The van der Waals surface area contributed by atoms with E-state index in [4.69, 9.17) is 34.7 Å². The molecule has 0 spiro atoms. The van der Waals surface area contributed by atoms with Gasteiger partial charge in [0.15, 0.2) is 6.29 Å². The van der Waals surface area contributed by atoms with Gasteiger partial charge in [-0.1, -0.05) is 0 Å². The van der Waals surface area contributed by atoms with Crippen molar-refractivity contribution < 1.29 is 33.3 Å². The number of hydrogen-bond donors (Lipinski definition) is 2. The second-order valence-electron chi connectivity index (χ2n) is 8.16. The van der Waals surface area contributed by atoms with Crippen LogP contribution in [0.5, 0.6) is 0 Å². The molecule has 0 bridgehead atoms. The summed E-state index contributed by atoms with van der Waals surface area (Å²) in [5.41, 5.74) is 6.70. The van der Waals surface area contributed by atoms with Crippen molar-refractivity contribution in [3.63, 3.8) is 0 Å². The highest BCUT2D eigenvalue weighted by molar-refractivity contribution is 6.02. The zero-order chi connectivity index (χ0) is 27.1. The van der Waals surface area contributed by atoms with Crippen molar-refractivity contribution in [2.45, 2.75) is 25.8 Å². The quantitative estimate of drug-likeness (QED) is 0.161. The molecular weight excluding hydrogens is 480 g/mol. The fourth-order valence-electron chi connectivity index (χ4n) is 3.15. The van der Waals surface area contributed by atoms with Crippen LogP contribution in [0.25, 0.3) is 0 Å². The largest absolute Gasteiger partial charge is 0.383 e. The van der Waals surface area contributed by atoms with Gasteiger partial charge in [0.2, 0.25) is 0 Å². The first kappa shape index (κ1) is 32.4. The molecule has 1 atom stereocenters. The Balaban J connectivity index is 2.13. The third kappa shape index (κ3) is 14.7. The van der Waals surface area contributed by atoms with E-state index >= 15 is 0 Å². The molecule has 37 heavy (non-hydrogen) atoms. The summed E-state index contributed by atoms with van der Waals surface area (Å²) in [6.45, 7) is 7.89. The van der Waals surface area contributed by atoms with Gasteiger partial charge in [0.05, 0.1) is 77.7 Å². The number of rotatable bonds is 23. The maximum Gasteiger partial charge on any atom is 0.254 e. The van der Waals surface area contributed by atoms with Crippen molar-refractivity contribution >= 4 is 17.9 Å². The molecule has 0 heterocycles. The highest BCUT2D eigenvalue weighted by Gasteiger charge is 2.20. The Bertz CT molecular complexity index is 804. The lowest BCUT2D eigenvalue weighted by Crippen LogP contribution is -2.35. The minimum absolute atomic E-state index is 0.102. The minimum atomic E-state index is -0.245. The number of ether oxygens (including phenoxy) is 5. The number of anilines is 1. The van der Waals surface area contributed by atoms with Gasteiger partial charge >= 0.3 is 0 Å². The minimum Gasteiger partial charge on any atom is -0.383 e. The van der Waals surface area contributed by atoms with E-state index in [0.717, 1.165) is 5.69 Å². The first-order chi connectivity index (χ1) is 18.0. The van der Waals surface area contributed by atoms with E-state index in [1.54, 1.807) is 30.1 Å². The predicted molar refractivity (Wildman–Crippen MR) is 140 cm³/mol. The van der Waals surface area contributed by atoms with Gasteiger partial charge in [-0.25, -0.2) is 0 Å². The van der Waals surface area contributed by atoms with Gasteiger partial charge in [-0.3, -0.25) is 9.59 Å². The van der Waals surface area contributed by atoms with Gasteiger partial charge in [-0.15, -0.1) is 0 Å². The van der Waals surface area contributed by atoms with E-state index in [9.17, 15) is 9.59 Å². The monoisotopic (exact) mass is 522 g/mol. The summed E-state index contributed by atoms with van der Waals surface area (Å²) in [5.74, 6) is -0.245. The van der Waals surface area contributed by atoms with Crippen molar-refractivity contribution in [1.82, 2.24) is 4.90 Å². The fraction of sp³-hybridized carbons (Fsp3) is 0.654. The lowest BCUT2D eigenvalue weighted by atomic mass is 10.0. The number of nitriles is 1. The zero-order valence-electron chi connectivity index (χ0n) is 22.1. The van der Waals surface area contributed by atoms with Gasteiger partial charge in [-0.05, 0) is 31.5 Å². The van der Waals surface area contributed by atoms with Crippen LogP contribution in [0.1, 0.15) is 40.5 Å². The molecule has 0 fully saturated rings. The summed E-state index contributed by atoms with van der Waals surface area (Å²) in [6.07, 6.45) is 1.63. The van der Waals surface area contributed by atoms with Crippen LogP contribution in [-0.2, 0) is 23.7 Å². The van der Waals surface area contributed by atoms with Crippen LogP contribution < -0.4 is 11.1 Å². The van der Waals surface area contributed by atoms with Gasteiger partial charge < -0.3 is 39.6 Å². The van der Waals surface area contributed by atoms with E-state index in [1.807, 2.05) is 6.92 Å². The third-order valence-electron chi connectivity index (χ3n) is 5.39. The molecule has 0 radical (unpaired) electrons. The van der Waals surface area contributed by atoms with Crippen molar-refractivity contribution in [3.05, 3.63) is 29.3 Å². The maximum atomic E-state index is 12.8. The molecule has 3 N–H and O–H groups in total. The number of carbonyl (C=O) groups excluding carboxylic acids is 2. The average molecular weight is 523 g/mol. The maximum absolute atomic E-state index is 12.8. The predicted octanol–water partition coefficient (Wildman–Crippen LogP) is 1.72. The number of amides is 1. The number of aldehydes is 1. The Morgan fingerprint density at radius 2 is 1.54 bits per heavy atom. The average Bonchev–Trinajstić information content (AvgIpc) is 2.92. The number of nitrogens with zero attached hydrogens (tertiary/aromatic N) is 2. The first-order valence-corrected chi connectivity index (χ1v) is 12.6. The number of benzene rings is 1. The van der Waals surface area contributed by atoms with Gasteiger partial charge in [0.25, 0.3) is 5.91 Å². The Kier molecular flexibility index (Phi) is 18.8. The molecule has 1 unspecified atom stereocenters. The standard InChI is InChI=1S/C26H42N4O7/c1-22(4-3-7-27)30(2)26(32)25-6-5-24(20-23(25)21-31)29-9-11-34-13-15-36-17-19-37-18-16-35-14-12-33-10-8-28/h5-6,20-22,29H,3-4,8-19,28H2,1-2H3. The molecule has 0 saturated heterocycles. The molecule has 11 heteroatoms. The molecule has 0 aromatic heterocycles. The molecule has 1 aromatic carbocycles. The summed E-state index contributed by atoms with van der Waals surface area (Å²) in [4.78, 5) is 25.9. The number of nitrogens with two attached hydrogens (primary N) is 1. The van der Waals surface area contributed by atoms with E-state index in [-0.39, 0.29) is 11.9 Å². The fourth-order valence-corrected chi connectivity index (χ4v) is 3.15. The molecule has 208 valence electrons. The van der Waals surface area contributed by atoms with Crippen LogP contribution in [0.2, 0.25) is 0 Å². The molecule has 1 rings (SSSR count). The van der Waals surface area contributed by atoms with E-state index in [1.165, 1.54) is 0 Å². The second kappa shape index (κ2) is 21.5. The molecule has 1 aromatic rings. The van der Waals surface area contributed by atoms with Crippen molar-refractivity contribution in [3.8, 4) is 6.07 Å². The van der Waals surface area contributed by atoms with Crippen LogP contribution in [0.15, 0.2) is 18.2 Å². The molecule has 0 aliphatic heterocycles. The van der Waals surface area contributed by atoms with Crippen LogP contribution >= 0.6 is 0 Å². The third-order valence-corrected chi connectivity index (χ3v) is 5.39. The Morgan fingerprint density at radius 1 is 1.00 bits per heavy atom. The molecule has 0 saturated carbocycles. The highest BCUT2D eigenvalue weighted by Crippen LogP contribution is 2.18. The smallest absolute Gasteiger partial charge is 0.254 e. The van der Waals surface area contributed by atoms with E-state index < -0.39 is 0 Å². The number of hydrogen-bond acceptors (Lipinski definition) is 10. The van der Waals surface area contributed by atoms with Crippen LogP contribution in [-0.4, -0.2) is 109 Å². The number of carbonyl (C=O) groups is 2. The second-order valence-corrected chi connectivity index (χ2v) is 8.16. The summed E-state index contributed by atoms with van der Waals surface area (Å²) in [5, 5.41) is 11.9. The summed E-state index contributed by atoms with van der Waals surface area (Å²) < 4.78 is 27.0. The molecular formula is C26H42N4O7. The highest BCUT2D eigenvalue weighted by atomic mass is 16.6. The topological polar surface area (TPSA) is 145 Å². The molecule has 1 amide bonds. The van der Waals surface area contributed by atoms with Crippen LogP contribution in [0.3, 0.4) is 0 Å². The van der Waals surface area contributed by atoms with Crippen LogP contribution in [0, 0.1) is 11.3 Å². The first-order valence-electron chi connectivity index (χ1n) is 12.6. The molecule has 11 nitrogen and oxygen atoms in total. The Hall–Kier alpha value is -2.59. The molecule has 0 aliphatic rings. The molecule has 0 aliphatic carbocycles. The van der Waals surface area contributed by atoms with Gasteiger partial charge in [0.1, 0.15) is 0 Å². The van der Waals surface area contributed by atoms with Crippen LogP contribution in [0.4, 0.5) is 5.69 Å². The van der Waals surface area contributed by atoms with E-state index in [0.29, 0.717) is 109 Å². The lowest BCUT2D eigenvalue weighted by molar-refractivity contribution is -0.00985. The van der Waals surface area contributed by atoms with Gasteiger partial charge in [0, 0.05) is 43.9 Å². The van der Waals surface area contributed by atoms with E-state index in [2.05, 4.69) is 11.4 Å². The van der Waals surface area contributed by atoms with Crippen molar-refractivity contribution in [2.75, 3.05) is 91.5 Å². The number of nitrogens with one attached hydrogen (secondary N) is 1.